The van der Waals surface area contributed by atoms with Crippen molar-refractivity contribution in [1.29, 1.82) is 0 Å². The summed E-state index contributed by atoms with van der Waals surface area (Å²) in [7, 11) is -0.637. The van der Waals surface area contributed by atoms with Gasteiger partial charge in [0.25, 0.3) is 0 Å². The van der Waals surface area contributed by atoms with E-state index in [2.05, 4.69) is 6.92 Å². The van der Waals surface area contributed by atoms with Gasteiger partial charge in [0.05, 0.1) is 0 Å². The quantitative estimate of drug-likeness (QED) is 0.396. The van der Waals surface area contributed by atoms with Crippen LogP contribution in [0.25, 0.3) is 0 Å². The van der Waals surface area contributed by atoms with E-state index in [-0.39, 0.29) is 0 Å². The second kappa shape index (κ2) is 5.18. The van der Waals surface area contributed by atoms with Crippen LogP contribution in [0.1, 0.15) is 12.8 Å². The highest BCUT2D eigenvalue weighted by atomic mass is 28.2. The van der Waals surface area contributed by atoms with Crippen LogP contribution >= 0.6 is 0 Å². The fourth-order valence-electron chi connectivity index (χ4n) is 0.289. The van der Waals surface area contributed by atoms with Crippen molar-refractivity contribution in [2.24, 2.45) is 0 Å². The van der Waals surface area contributed by atoms with Gasteiger partial charge < -0.3 is 4.80 Å². The maximum absolute atomic E-state index is 8.31. The number of hydrogen-bond donors (Lipinski definition) is 1. The molecule has 0 saturated carbocycles. The molecule has 0 atom stereocenters. The van der Waals surface area contributed by atoms with Crippen LogP contribution in [0.5, 0.6) is 0 Å². The van der Waals surface area contributed by atoms with Crippen molar-refractivity contribution < 1.29 is 4.80 Å². The predicted octanol–water partition coefficient (Wildman–Crippen LogP) is 0.0951. The fourth-order valence-corrected chi connectivity index (χ4v) is 0.866. The van der Waals surface area contributed by atoms with Crippen LogP contribution in [0.4, 0.5) is 0 Å². The zero-order chi connectivity index (χ0) is 4.83. The van der Waals surface area contributed by atoms with Gasteiger partial charge in [0, 0.05) is 0 Å². The van der Waals surface area contributed by atoms with Gasteiger partial charge in [-0.05, 0) is 6.04 Å². The van der Waals surface area contributed by atoms with Crippen molar-refractivity contribution in [3.63, 3.8) is 0 Å². The van der Waals surface area contributed by atoms with Crippen molar-refractivity contribution in [2.45, 2.75) is 18.9 Å². The zero-order valence-corrected chi connectivity index (χ0v) is 5.40. The lowest BCUT2D eigenvalue weighted by atomic mass is 10.4. The average molecular weight is 103 g/mol. The number of hydrogen-bond acceptors (Lipinski definition) is 1. The monoisotopic (exact) mass is 103 g/mol. The second-order valence-corrected chi connectivity index (χ2v) is 2.44. The van der Waals surface area contributed by atoms with E-state index >= 15 is 0 Å². The molecule has 1 radical (unpaired) electrons. The van der Waals surface area contributed by atoms with Crippen LogP contribution < -0.4 is 0 Å². The third-order valence-electron chi connectivity index (χ3n) is 0.658. The van der Waals surface area contributed by atoms with Crippen LogP contribution in [-0.2, 0) is 0 Å². The summed E-state index contributed by atoms with van der Waals surface area (Å²) in [6.45, 7) is 3.63. The van der Waals surface area contributed by atoms with Gasteiger partial charge in [-0.3, -0.25) is 0 Å². The van der Waals surface area contributed by atoms with Gasteiger partial charge in [-0.1, -0.05) is 19.8 Å². The molecule has 0 aromatic heterocycles. The van der Waals surface area contributed by atoms with Crippen molar-refractivity contribution >= 4 is 9.76 Å². The van der Waals surface area contributed by atoms with Crippen molar-refractivity contribution in [3.05, 3.63) is 6.92 Å². The van der Waals surface area contributed by atoms with E-state index in [1.165, 1.54) is 0 Å². The van der Waals surface area contributed by atoms with E-state index in [1.54, 1.807) is 0 Å². The Balaban J connectivity index is 2.34. The number of unbranched alkanes of at least 4 members (excludes halogenated alkanes) is 1. The van der Waals surface area contributed by atoms with Crippen molar-refractivity contribution in [3.8, 4) is 0 Å². The van der Waals surface area contributed by atoms with Crippen molar-refractivity contribution in [2.75, 3.05) is 0 Å². The second-order valence-electron chi connectivity index (χ2n) is 1.28. The summed E-state index contributed by atoms with van der Waals surface area (Å²) in [6.07, 6.45) is 2.09. The summed E-state index contributed by atoms with van der Waals surface area (Å²) in [4.78, 5) is 8.31. The molecule has 0 aromatic rings. The lowest BCUT2D eigenvalue weighted by Gasteiger charge is -1.84. The Labute approximate surface area is 41.3 Å². The van der Waals surface area contributed by atoms with E-state index in [1.807, 2.05) is 0 Å². The first kappa shape index (κ1) is 6.18. The first-order chi connectivity index (χ1) is 2.91. The number of rotatable bonds is 3. The summed E-state index contributed by atoms with van der Waals surface area (Å²) in [5, 5.41) is 0. The highest BCUT2D eigenvalue weighted by Gasteiger charge is 1.78. The van der Waals surface area contributed by atoms with Gasteiger partial charge in [-0.25, -0.2) is 0 Å². The molecule has 0 bridgehead atoms. The normalized spacial score (nSPS) is 11.0. The molecular formula is C4H11OSi. The molecule has 37 valence electrons. The average Bonchev–Trinajstić information content (AvgIpc) is 1.61. The minimum atomic E-state index is -0.637. The predicted molar refractivity (Wildman–Crippen MR) is 30.2 cm³/mol. The fraction of sp³-hybridized carbons (Fsp3) is 0.750. The van der Waals surface area contributed by atoms with E-state index < -0.39 is 9.76 Å². The van der Waals surface area contributed by atoms with Gasteiger partial charge in [0.1, 0.15) is 0 Å². The molecule has 0 unspecified atom stereocenters. The molecule has 1 N–H and O–H groups in total. The van der Waals surface area contributed by atoms with Gasteiger partial charge in [-0.15, -0.1) is 0 Å². The minimum absolute atomic E-state index is 0.637. The van der Waals surface area contributed by atoms with E-state index in [0.717, 1.165) is 18.9 Å². The molecule has 0 aromatic carbocycles. The Morgan fingerprint density at radius 3 is 2.50 bits per heavy atom. The molecule has 0 spiro atoms. The van der Waals surface area contributed by atoms with Gasteiger partial charge >= 0.3 is 0 Å². The first-order valence-electron chi connectivity index (χ1n) is 2.32. The van der Waals surface area contributed by atoms with Crippen molar-refractivity contribution in [1.82, 2.24) is 0 Å². The molecule has 0 aliphatic heterocycles. The molecule has 6 heavy (non-hydrogen) atoms. The maximum atomic E-state index is 8.31. The van der Waals surface area contributed by atoms with Crippen LogP contribution in [-0.4, -0.2) is 14.6 Å². The van der Waals surface area contributed by atoms with Crippen LogP contribution in [0, 0.1) is 6.92 Å². The summed E-state index contributed by atoms with van der Waals surface area (Å²) < 4.78 is 0. The topological polar surface area (TPSA) is 20.2 Å². The summed E-state index contributed by atoms with van der Waals surface area (Å²) >= 11 is 0. The molecule has 0 heterocycles. The van der Waals surface area contributed by atoms with E-state index in [9.17, 15) is 0 Å². The molecule has 0 fully saturated rings. The molecule has 0 amide bonds. The zero-order valence-electron chi connectivity index (χ0n) is 3.98. The Hall–Kier alpha value is 0.177. The highest BCUT2D eigenvalue weighted by Crippen LogP contribution is 1.89. The molecular weight excluding hydrogens is 92.1 g/mol. The molecule has 0 rings (SSSR count). The maximum Gasteiger partial charge on any atom is 0.156 e. The molecule has 0 saturated heterocycles. The molecule has 0 aliphatic rings. The van der Waals surface area contributed by atoms with Crippen LogP contribution in [0.3, 0.4) is 0 Å². The third kappa shape index (κ3) is 4.18. The SMILES string of the molecule is [CH2]CCC[SiH2]O. The largest absolute Gasteiger partial charge is 0.438 e. The Bertz CT molecular complexity index is 19.5. The lowest BCUT2D eigenvalue weighted by Crippen LogP contribution is -1.83. The molecule has 1 nitrogen and oxygen atoms in total. The van der Waals surface area contributed by atoms with E-state index in [0.29, 0.717) is 0 Å². The Morgan fingerprint density at radius 2 is 2.33 bits per heavy atom. The van der Waals surface area contributed by atoms with Crippen LogP contribution in [0.2, 0.25) is 6.04 Å². The molecule has 0 aliphatic carbocycles. The Morgan fingerprint density at radius 1 is 1.67 bits per heavy atom. The van der Waals surface area contributed by atoms with Gasteiger partial charge in [-0.2, -0.15) is 0 Å². The standard InChI is InChI=1S/C4H11OSi/c1-2-3-4-6-5/h5H,1-4,6H2. The smallest absolute Gasteiger partial charge is 0.156 e. The highest BCUT2D eigenvalue weighted by molar-refractivity contribution is 6.25. The van der Waals surface area contributed by atoms with Gasteiger partial charge in [0.2, 0.25) is 0 Å². The van der Waals surface area contributed by atoms with Crippen LogP contribution in [0.15, 0.2) is 0 Å². The lowest BCUT2D eigenvalue weighted by molar-refractivity contribution is 0.596. The summed E-state index contributed by atoms with van der Waals surface area (Å²) in [5.41, 5.74) is 0. The first-order valence-corrected chi connectivity index (χ1v) is 3.95. The molecule has 2 heteroatoms. The minimum Gasteiger partial charge on any atom is -0.438 e. The summed E-state index contributed by atoms with van der Waals surface area (Å²) in [5.74, 6) is 0. The summed E-state index contributed by atoms with van der Waals surface area (Å²) in [6, 6.07) is 1.05. The van der Waals surface area contributed by atoms with Gasteiger partial charge in [0.15, 0.2) is 9.76 Å². The third-order valence-corrected chi connectivity index (χ3v) is 1.47. The van der Waals surface area contributed by atoms with E-state index in [4.69, 9.17) is 4.80 Å². The Kier molecular flexibility index (Phi) is 5.33.